The lowest BCUT2D eigenvalue weighted by Crippen LogP contribution is -2.33. The first-order chi connectivity index (χ1) is 5.91. The van der Waals surface area contributed by atoms with Gasteiger partial charge in [0.25, 0.3) is 0 Å². The van der Waals surface area contributed by atoms with Gasteiger partial charge < -0.3 is 9.47 Å². The maximum atomic E-state index is 5.88. The van der Waals surface area contributed by atoms with E-state index < -0.39 is 0 Å². The van der Waals surface area contributed by atoms with Crippen LogP contribution < -0.4 is 0 Å². The van der Waals surface area contributed by atoms with Crippen molar-refractivity contribution < 1.29 is 9.47 Å². The van der Waals surface area contributed by atoms with Crippen molar-refractivity contribution in [3.8, 4) is 0 Å². The van der Waals surface area contributed by atoms with Crippen molar-refractivity contribution in [3.05, 3.63) is 0 Å². The van der Waals surface area contributed by atoms with Gasteiger partial charge in [-0.1, -0.05) is 34.6 Å². The third kappa shape index (κ3) is 1.75. The summed E-state index contributed by atoms with van der Waals surface area (Å²) in [4.78, 5) is 0. The van der Waals surface area contributed by atoms with Crippen molar-refractivity contribution >= 4 is 0 Å². The molecule has 78 valence electrons. The second kappa shape index (κ2) is 3.58. The average Bonchev–Trinajstić information content (AvgIpc) is 2.25. The number of methoxy groups -OCH3 is 1. The number of rotatable bonds is 2. The first-order valence-corrected chi connectivity index (χ1v) is 5.09. The topological polar surface area (TPSA) is 18.5 Å². The molecule has 1 fully saturated rings. The Bertz CT molecular complexity index is 175. The quantitative estimate of drug-likeness (QED) is 0.660. The highest BCUT2D eigenvalue weighted by Crippen LogP contribution is 2.45. The second-order valence-electron chi connectivity index (χ2n) is 5.01. The Morgan fingerprint density at radius 1 is 1.31 bits per heavy atom. The van der Waals surface area contributed by atoms with Crippen LogP contribution in [0.3, 0.4) is 0 Å². The third-order valence-corrected chi connectivity index (χ3v) is 3.43. The van der Waals surface area contributed by atoms with Crippen LogP contribution in [0.15, 0.2) is 0 Å². The fourth-order valence-electron chi connectivity index (χ4n) is 2.32. The fourth-order valence-corrected chi connectivity index (χ4v) is 2.32. The molecule has 0 spiro atoms. The van der Waals surface area contributed by atoms with Crippen LogP contribution in [-0.2, 0) is 9.47 Å². The monoisotopic (exact) mass is 186 g/mol. The van der Waals surface area contributed by atoms with Crippen LogP contribution in [0.1, 0.15) is 34.6 Å². The Morgan fingerprint density at radius 2 is 1.85 bits per heavy atom. The first kappa shape index (κ1) is 11.0. The van der Waals surface area contributed by atoms with Gasteiger partial charge in [-0.25, -0.2) is 0 Å². The zero-order valence-corrected chi connectivity index (χ0v) is 9.63. The summed E-state index contributed by atoms with van der Waals surface area (Å²) < 4.78 is 11.2. The molecule has 0 aromatic carbocycles. The van der Waals surface area contributed by atoms with Crippen LogP contribution >= 0.6 is 0 Å². The molecule has 1 aliphatic heterocycles. The minimum Gasteiger partial charge on any atom is -0.356 e. The molecule has 3 atom stereocenters. The van der Waals surface area contributed by atoms with Crippen molar-refractivity contribution in [2.75, 3.05) is 7.11 Å². The molecular formula is C11H22O2. The van der Waals surface area contributed by atoms with Gasteiger partial charge in [0.15, 0.2) is 6.29 Å². The third-order valence-electron chi connectivity index (χ3n) is 3.43. The Hall–Kier alpha value is -0.0800. The van der Waals surface area contributed by atoms with Crippen molar-refractivity contribution in [1.82, 2.24) is 0 Å². The van der Waals surface area contributed by atoms with E-state index in [0.717, 1.165) is 0 Å². The molecule has 0 saturated carbocycles. The molecule has 0 amide bonds. The van der Waals surface area contributed by atoms with Gasteiger partial charge in [0.2, 0.25) is 0 Å². The number of hydrogen-bond acceptors (Lipinski definition) is 2. The molecule has 0 aliphatic carbocycles. The molecule has 0 aromatic rings. The van der Waals surface area contributed by atoms with E-state index in [-0.39, 0.29) is 11.7 Å². The highest BCUT2D eigenvalue weighted by molar-refractivity contribution is 4.93. The van der Waals surface area contributed by atoms with Gasteiger partial charge in [-0.05, 0) is 11.3 Å². The molecule has 1 saturated heterocycles. The summed E-state index contributed by atoms with van der Waals surface area (Å²) in [6.07, 6.45) is 0.287. The number of ether oxygens (including phenoxy) is 2. The lowest BCUT2D eigenvalue weighted by molar-refractivity contribution is -0.137. The van der Waals surface area contributed by atoms with Crippen molar-refractivity contribution in [1.29, 1.82) is 0 Å². The van der Waals surface area contributed by atoms with E-state index in [1.54, 1.807) is 7.11 Å². The molecule has 0 radical (unpaired) electrons. The van der Waals surface area contributed by atoms with E-state index >= 15 is 0 Å². The maximum Gasteiger partial charge on any atom is 0.160 e. The molecule has 1 aliphatic rings. The average molecular weight is 186 g/mol. The summed E-state index contributed by atoms with van der Waals surface area (Å²) in [5, 5.41) is 0. The van der Waals surface area contributed by atoms with E-state index in [9.17, 15) is 0 Å². The first-order valence-electron chi connectivity index (χ1n) is 5.09. The van der Waals surface area contributed by atoms with Crippen LogP contribution in [-0.4, -0.2) is 19.5 Å². The minimum atomic E-state index is -0.0256. The lowest BCUT2D eigenvalue weighted by atomic mass is 9.74. The predicted octanol–water partition coefficient (Wildman–Crippen LogP) is 2.68. The molecule has 1 heterocycles. The molecule has 1 rings (SSSR count). The van der Waals surface area contributed by atoms with Gasteiger partial charge in [-0.3, -0.25) is 0 Å². The normalized spacial score (nSPS) is 38.5. The molecular weight excluding hydrogens is 164 g/mol. The van der Waals surface area contributed by atoms with E-state index in [0.29, 0.717) is 17.9 Å². The molecule has 13 heavy (non-hydrogen) atoms. The molecule has 2 nitrogen and oxygen atoms in total. The smallest absolute Gasteiger partial charge is 0.160 e. The van der Waals surface area contributed by atoms with Crippen molar-refractivity contribution in [2.24, 2.45) is 17.3 Å². The summed E-state index contributed by atoms with van der Waals surface area (Å²) in [6, 6.07) is 0. The summed E-state index contributed by atoms with van der Waals surface area (Å²) in [5.74, 6) is 1.02. The fraction of sp³-hybridized carbons (Fsp3) is 1.00. The minimum absolute atomic E-state index is 0.0256. The van der Waals surface area contributed by atoms with E-state index in [4.69, 9.17) is 9.47 Å². The standard InChI is InChI=1S/C11H22O2/c1-7(2)9-11(4,5)8(3)10(12-6)13-9/h7-10H,1-6H3/t8?,9-,10+/m0/s1. The van der Waals surface area contributed by atoms with E-state index in [1.165, 1.54) is 0 Å². The Balaban J connectivity index is 2.80. The SMILES string of the molecule is CO[C@@H]1O[C@@H](C(C)C)C(C)(C)C1C. The van der Waals surface area contributed by atoms with Crippen LogP contribution in [0.2, 0.25) is 0 Å². The second-order valence-corrected chi connectivity index (χ2v) is 5.01. The van der Waals surface area contributed by atoms with Crippen LogP contribution in [0, 0.1) is 17.3 Å². The summed E-state index contributed by atoms with van der Waals surface area (Å²) in [7, 11) is 1.72. The summed E-state index contributed by atoms with van der Waals surface area (Å²) in [6.45, 7) is 11.1. The van der Waals surface area contributed by atoms with E-state index in [2.05, 4.69) is 34.6 Å². The molecule has 0 aromatic heterocycles. The van der Waals surface area contributed by atoms with Gasteiger partial charge in [0.1, 0.15) is 0 Å². The van der Waals surface area contributed by atoms with Gasteiger partial charge >= 0.3 is 0 Å². The van der Waals surface area contributed by atoms with Crippen molar-refractivity contribution in [3.63, 3.8) is 0 Å². The van der Waals surface area contributed by atoms with Crippen LogP contribution in [0.25, 0.3) is 0 Å². The largest absolute Gasteiger partial charge is 0.356 e. The van der Waals surface area contributed by atoms with Gasteiger partial charge in [0.05, 0.1) is 6.10 Å². The zero-order chi connectivity index (χ0) is 10.2. The summed E-state index contributed by atoms with van der Waals surface area (Å²) in [5.41, 5.74) is 0.217. The molecule has 0 bridgehead atoms. The summed E-state index contributed by atoms with van der Waals surface area (Å²) >= 11 is 0. The van der Waals surface area contributed by atoms with Gasteiger partial charge in [-0.15, -0.1) is 0 Å². The van der Waals surface area contributed by atoms with Gasteiger partial charge in [0, 0.05) is 13.0 Å². The van der Waals surface area contributed by atoms with E-state index in [1.807, 2.05) is 0 Å². The predicted molar refractivity (Wildman–Crippen MR) is 53.5 cm³/mol. The van der Waals surface area contributed by atoms with Crippen molar-refractivity contribution in [2.45, 2.75) is 47.0 Å². The Labute approximate surface area is 81.6 Å². The molecule has 1 unspecified atom stereocenters. The molecule has 2 heteroatoms. The van der Waals surface area contributed by atoms with Crippen LogP contribution in [0.5, 0.6) is 0 Å². The molecule has 0 N–H and O–H groups in total. The highest BCUT2D eigenvalue weighted by atomic mass is 16.7. The highest BCUT2D eigenvalue weighted by Gasteiger charge is 2.49. The zero-order valence-electron chi connectivity index (χ0n) is 9.63. The Morgan fingerprint density at radius 3 is 2.08 bits per heavy atom. The lowest BCUT2D eigenvalue weighted by Gasteiger charge is -2.31. The maximum absolute atomic E-state index is 5.88. The van der Waals surface area contributed by atoms with Gasteiger partial charge in [-0.2, -0.15) is 0 Å². The van der Waals surface area contributed by atoms with Crippen LogP contribution in [0.4, 0.5) is 0 Å². The Kier molecular flexibility index (Phi) is 3.03. The number of hydrogen-bond donors (Lipinski definition) is 0.